The van der Waals surface area contributed by atoms with Gasteiger partial charge in [0.15, 0.2) is 6.29 Å². The monoisotopic (exact) mass is 768 g/mol. The van der Waals surface area contributed by atoms with Crippen LogP contribution in [0.3, 0.4) is 0 Å². The molecule has 1 aliphatic heterocycles. The number of unbranched alkanes of at least 4 members (excludes halogenated alkanes) is 25. The highest BCUT2D eigenvalue weighted by molar-refractivity contribution is 5.76. The molecule has 6 N–H and O–H groups in total. The molecule has 1 aliphatic rings. The number of rotatable bonds is 37. The Morgan fingerprint density at radius 2 is 1.04 bits per heavy atom. The molecule has 1 fully saturated rings. The molecule has 1 saturated heterocycles. The number of hydrogen-bond acceptors (Lipinski definition) is 8. The highest BCUT2D eigenvalue weighted by Gasteiger charge is 2.44. The summed E-state index contributed by atoms with van der Waals surface area (Å²) in [4.78, 5) is 12.9. The van der Waals surface area contributed by atoms with Crippen LogP contribution in [0.2, 0.25) is 0 Å². The van der Waals surface area contributed by atoms with Gasteiger partial charge in [0.05, 0.1) is 25.4 Å². The van der Waals surface area contributed by atoms with E-state index in [9.17, 15) is 30.3 Å². The number of carbonyl (C=O) groups is 1. The highest BCUT2D eigenvalue weighted by atomic mass is 16.7. The van der Waals surface area contributed by atoms with E-state index in [1.54, 1.807) is 6.08 Å². The Balaban J connectivity index is 2.38. The Bertz CT molecular complexity index is 899. The number of allylic oxidation sites excluding steroid dienone is 3. The number of aliphatic hydroxyl groups excluding tert-OH is 5. The Morgan fingerprint density at radius 1 is 0.611 bits per heavy atom. The van der Waals surface area contributed by atoms with Gasteiger partial charge < -0.3 is 40.3 Å². The maximum Gasteiger partial charge on any atom is 0.220 e. The molecule has 7 unspecified atom stereocenters. The van der Waals surface area contributed by atoms with Crippen LogP contribution in [0.1, 0.15) is 200 Å². The number of carbonyl (C=O) groups excluding carboxylic acids is 1. The van der Waals surface area contributed by atoms with E-state index in [0.717, 1.165) is 44.9 Å². The summed E-state index contributed by atoms with van der Waals surface area (Å²) in [6, 6.07) is -0.803. The van der Waals surface area contributed by atoms with Crippen molar-refractivity contribution in [1.29, 1.82) is 0 Å². The molecule has 0 radical (unpaired) electrons. The summed E-state index contributed by atoms with van der Waals surface area (Å²) in [7, 11) is 0. The van der Waals surface area contributed by atoms with Crippen LogP contribution in [0.5, 0.6) is 0 Å². The normalized spacial score (nSPS) is 21.6. The highest BCUT2D eigenvalue weighted by Crippen LogP contribution is 2.22. The Kier molecular flexibility index (Phi) is 33.8. The number of aliphatic hydroxyl groups is 5. The topological polar surface area (TPSA) is 149 Å². The van der Waals surface area contributed by atoms with E-state index in [1.807, 2.05) is 6.08 Å². The molecule has 9 heteroatoms. The minimum Gasteiger partial charge on any atom is -0.394 e. The van der Waals surface area contributed by atoms with Gasteiger partial charge >= 0.3 is 0 Å². The molecule has 0 saturated carbocycles. The quantitative estimate of drug-likeness (QED) is 0.0271. The molecule has 0 aliphatic carbocycles. The predicted molar refractivity (Wildman–Crippen MR) is 221 cm³/mol. The maximum atomic E-state index is 12.9. The van der Waals surface area contributed by atoms with Crippen molar-refractivity contribution in [2.75, 3.05) is 13.2 Å². The standard InChI is InChI=1S/C45H85NO8/c1-3-5-7-9-11-13-15-17-19-21-22-24-26-28-30-32-34-39(48)38(37-53-45-44(52)43(51)42(50)40(36-47)54-45)46-41(49)35-33-31-29-27-25-23-20-18-16-14-12-10-8-6-4-2/h14,16,32,34,38-40,42-45,47-48,50-52H,3-13,15,17-31,33,35-37H2,1-2H3,(H,46,49)/b16-14-,34-32+. The van der Waals surface area contributed by atoms with Crippen LogP contribution < -0.4 is 5.32 Å². The van der Waals surface area contributed by atoms with Gasteiger partial charge in [-0.15, -0.1) is 0 Å². The van der Waals surface area contributed by atoms with Gasteiger partial charge in [-0.1, -0.05) is 173 Å². The van der Waals surface area contributed by atoms with E-state index in [4.69, 9.17) is 9.47 Å². The lowest BCUT2D eigenvalue weighted by Gasteiger charge is -2.40. The summed E-state index contributed by atoms with van der Waals surface area (Å²) >= 11 is 0. The van der Waals surface area contributed by atoms with Gasteiger partial charge in [-0.3, -0.25) is 4.79 Å². The smallest absolute Gasteiger partial charge is 0.220 e. The van der Waals surface area contributed by atoms with Crippen molar-refractivity contribution in [2.45, 2.75) is 243 Å². The summed E-state index contributed by atoms with van der Waals surface area (Å²) in [5, 5.41) is 54.1. The van der Waals surface area contributed by atoms with Crippen molar-refractivity contribution in [3.05, 3.63) is 24.3 Å². The molecular formula is C45H85NO8. The van der Waals surface area contributed by atoms with E-state index in [0.29, 0.717) is 6.42 Å². The first-order valence-electron chi connectivity index (χ1n) is 22.6. The number of nitrogens with one attached hydrogen (secondary N) is 1. The minimum atomic E-state index is -1.56. The minimum absolute atomic E-state index is 0.182. The largest absolute Gasteiger partial charge is 0.394 e. The van der Waals surface area contributed by atoms with Gasteiger partial charge in [0.1, 0.15) is 24.4 Å². The van der Waals surface area contributed by atoms with Crippen molar-refractivity contribution in [1.82, 2.24) is 5.32 Å². The first kappa shape index (κ1) is 50.7. The molecule has 0 aromatic carbocycles. The van der Waals surface area contributed by atoms with E-state index in [2.05, 4.69) is 31.3 Å². The van der Waals surface area contributed by atoms with E-state index < -0.39 is 49.5 Å². The molecular weight excluding hydrogens is 682 g/mol. The Hall–Kier alpha value is -1.33. The van der Waals surface area contributed by atoms with Crippen LogP contribution in [-0.2, 0) is 14.3 Å². The Labute approximate surface area is 330 Å². The summed E-state index contributed by atoms with van der Waals surface area (Å²) in [5.74, 6) is -0.182. The third kappa shape index (κ3) is 26.5. The fraction of sp³-hybridized carbons (Fsp3) is 0.889. The Morgan fingerprint density at radius 3 is 1.52 bits per heavy atom. The average Bonchev–Trinajstić information content (AvgIpc) is 3.17. The van der Waals surface area contributed by atoms with Crippen molar-refractivity contribution < 1.29 is 39.8 Å². The van der Waals surface area contributed by atoms with Gasteiger partial charge in [0.25, 0.3) is 0 Å². The van der Waals surface area contributed by atoms with Gasteiger partial charge in [-0.25, -0.2) is 0 Å². The SMILES string of the molecule is CCCCCC/C=C\CCCCCCCCCC(=O)NC(COC1OC(CO)C(O)C(O)C1O)C(O)/C=C/CCCCCCCCCCCCCCCC. The lowest BCUT2D eigenvalue weighted by atomic mass is 9.99. The van der Waals surface area contributed by atoms with Crippen LogP contribution in [0, 0.1) is 0 Å². The van der Waals surface area contributed by atoms with Crippen LogP contribution >= 0.6 is 0 Å². The first-order chi connectivity index (χ1) is 26.3. The zero-order valence-electron chi connectivity index (χ0n) is 34.7. The maximum absolute atomic E-state index is 12.9. The molecule has 54 heavy (non-hydrogen) atoms. The molecule has 1 rings (SSSR count). The third-order valence-electron chi connectivity index (χ3n) is 10.8. The zero-order valence-corrected chi connectivity index (χ0v) is 34.7. The van der Waals surface area contributed by atoms with Gasteiger partial charge in [0, 0.05) is 6.42 Å². The molecule has 7 atom stereocenters. The van der Waals surface area contributed by atoms with Gasteiger partial charge in [-0.05, 0) is 44.9 Å². The fourth-order valence-corrected chi connectivity index (χ4v) is 7.09. The molecule has 1 amide bonds. The van der Waals surface area contributed by atoms with Crippen LogP contribution in [0.4, 0.5) is 0 Å². The van der Waals surface area contributed by atoms with Crippen molar-refractivity contribution in [2.24, 2.45) is 0 Å². The fourth-order valence-electron chi connectivity index (χ4n) is 7.09. The van der Waals surface area contributed by atoms with E-state index in [-0.39, 0.29) is 12.5 Å². The molecule has 0 bridgehead atoms. The second-order valence-corrected chi connectivity index (χ2v) is 15.8. The summed E-state index contributed by atoms with van der Waals surface area (Å²) < 4.78 is 11.2. The van der Waals surface area contributed by atoms with Gasteiger partial charge in [-0.2, -0.15) is 0 Å². The molecule has 9 nitrogen and oxygen atoms in total. The second kappa shape index (κ2) is 36.0. The lowest BCUT2D eigenvalue weighted by Crippen LogP contribution is -2.60. The predicted octanol–water partition coefficient (Wildman–Crippen LogP) is 9.11. The molecule has 1 heterocycles. The van der Waals surface area contributed by atoms with Gasteiger partial charge in [0.2, 0.25) is 5.91 Å². The molecule has 0 aromatic rings. The van der Waals surface area contributed by atoms with Crippen LogP contribution in [-0.4, -0.2) is 87.5 Å². The van der Waals surface area contributed by atoms with Crippen LogP contribution in [0.15, 0.2) is 24.3 Å². The van der Waals surface area contributed by atoms with E-state index in [1.165, 1.54) is 135 Å². The van der Waals surface area contributed by atoms with Crippen LogP contribution in [0.25, 0.3) is 0 Å². The molecule has 0 aromatic heterocycles. The molecule has 0 spiro atoms. The van der Waals surface area contributed by atoms with E-state index >= 15 is 0 Å². The average molecular weight is 768 g/mol. The second-order valence-electron chi connectivity index (χ2n) is 15.8. The number of amides is 1. The summed E-state index contributed by atoms with van der Waals surface area (Å²) in [6.45, 7) is 3.75. The van der Waals surface area contributed by atoms with Crippen molar-refractivity contribution in [3.8, 4) is 0 Å². The molecule has 318 valence electrons. The third-order valence-corrected chi connectivity index (χ3v) is 10.8. The summed E-state index contributed by atoms with van der Waals surface area (Å²) in [6.07, 6.45) is 35.0. The summed E-state index contributed by atoms with van der Waals surface area (Å²) in [5.41, 5.74) is 0. The van der Waals surface area contributed by atoms with Crippen molar-refractivity contribution >= 4 is 5.91 Å². The number of ether oxygens (including phenoxy) is 2. The zero-order chi connectivity index (χ0) is 39.5. The van der Waals surface area contributed by atoms with Crippen molar-refractivity contribution in [3.63, 3.8) is 0 Å². The lowest BCUT2D eigenvalue weighted by molar-refractivity contribution is -0.302. The first-order valence-corrected chi connectivity index (χ1v) is 22.6. The number of hydrogen-bond donors (Lipinski definition) is 6.